The summed E-state index contributed by atoms with van der Waals surface area (Å²) in [5.74, 6) is 0.292. The number of aromatic hydroxyl groups is 1. The van der Waals surface area contributed by atoms with Crippen LogP contribution in [0.3, 0.4) is 0 Å². The fourth-order valence-corrected chi connectivity index (χ4v) is 3.26. The number of hydrogen-bond acceptors (Lipinski definition) is 2. The standard InChI is InChI=1S/C22H32O2/c1-20(2,3)17-11-14(23)9-10-15(17)16-13-22(7,8)19(24)12-18(16)21(4,5)6/h9-13,19,23-24H,1-8H3. The van der Waals surface area contributed by atoms with Crippen molar-refractivity contribution in [1.29, 1.82) is 0 Å². The van der Waals surface area contributed by atoms with Crippen LogP contribution >= 0.6 is 0 Å². The highest BCUT2D eigenvalue weighted by Crippen LogP contribution is 2.47. The summed E-state index contributed by atoms with van der Waals surface area (Å²) in [4.78, 5) is 0. The van der Waals surface area contributed by atoms with Crippen molar-refractivity contribution in [3.63, 3.8) is 0 Å². The largest absolute Gasteiger partial charge is 0.508 e. The predicted octanol–water partition coefficient (Wildman–Crippen LogP) is 5.45. The van der Waals surface area contributed by atoms with Gasteiger partial charge < -0.3 is 10.2 Å². The smallest absolute Gasteiger partial charge is 0.115 e. The first-order valence-corrected chi connectivity index (χ1v) is 8.71. The van der Waals surface area contributed by atoms with Crippen LogP contribution < -0.4 is 0 Å². The first kappa shape index (κ1) is 18.8. The second-order valence-corrected chi connectivity index (χ2v) is 9.63. The fraction of sp³-hybridized carbons (Fsp3) is 0.545. The zero-order valence-corrected chi connectivity index (χ0v) is 16.4. The molecule has 0 aliphatic heterocycles. The molecule has 0 saturated heterocycles. The van der Waals surface area contributed by atoms with Gasteiger partial charge in [0.2, 0.25) is 0 Å². The summed E-state index contributed by atoms with van der Waals surface area (Å²) in [6.45, 7) is 17.1. The van der Waals surface area contributed by atoms with Crippen LogP contribution in [0.5, 0.6) is 5.75 Å². The molecule has 1 aliphatic rings. The van der Waals surface area contributed by atoms with Gasteiger partial charge in [0.05, 0.1) is 6.10 Å². The number of aliphatic hydroxyl groups is 1. The van der Waals surface area contributed by atoms with Gasteiger partial charge in [-0.2, -0.15) is 0 Å². The zero-order chi connectivity index (χ0) is 18.5. The number of aliphatic hydroxyl groups excluding tert-OH is 1. The Bertz CT molecular complexity index is 692. The molecule has 1 unspecified atom stereocenters. The summed E-state index contributed by atoms with van der Waals surface area (Å²) < 4.78 is 0. The monoisotopic (exact) mass is 328 g/mol. The Hall–Kier alpha value is -1.54. The van der Waals surface area contributed by atoms with Crippen molar-refractivity contribution in [1.82, 2.24) is 0 Å². The highest BCUT2D eigenvalue weighted by Gasteiger charge is 2.35. The van der Waals surface area contributed by atoms with Crippen molar-refractivity contribution in [2.75, 3.05) is 0 Å². The van der Waals surface area contributed by atoms with Crippen LogP contribution in [-0.2, 0) is 5.41 Å². The third-order valence-corrected chi connectivity index (χ3v) is 4.80. The maximum Gasteiger partial charge on any atom is 0.115 e. The Labute approximate surface area is 146 Å². The van der Waals surface area contributed by atoms with E-state index in [9.17, 15) is 10.2 Å². The molecule has 1 aliphatic carbocycles. The Morgan fingerprint density at radius 1 is 0.958 bits per heavy atom. The van der Waals surface area contributed by atoms with Gasteiger partial charge >= 0.3 is 0 Å². The Morgan fingerprint density at radius 3 is 2.04 bits per heavy atom. The highest BCUT2D eigenvalue weighted by atomic mass is 16.3. The molecule has 0 aromatic heterocycles. The van der Waals surface area contributed by atoms with E-state index in [4.69, 9.17) is 0 Å². The fourth-order valence-electron chi connectivity index (χ4n) is 3.26. The van der Waals surface area contributed by atoms with Crippen LogP contribution in [0.2, 0.25) is 0 Å². The van der Waals surface area contributed by atoms with Crippen LogP contribution in [0.4, 0.5) is 0 Å². The second kappa shape index (κ2) is 5.77. The Balaban J connectivity index is 2.76. The second-order valence-electron chi connectivity index (χ2n) is 9.63. The molecule has 0 spiro atoms. The minimum atomic E-state index is -0.495. The summed E-state index contributed by atoms with van der Waals surface area (Å²) in [7, 11) is 0. The van der Waals surface area contributed by atoms with E-state index >= 15 is 0 Å². The van der Waals surface area contributed by atoms with E-state index in [-0.39, 0.29) is 16.2 Å². The van der Waals surface area contributed by atoms with Crippen molar-refractivity contribution >= 4 is 5.57 Å². The van der Waals surface area contributed by atoms with Crippen LogP contribution in [0, 0.1) is 10.8 Å². The summed E-state index contributed by atoms with van der Waals surface area (Å²) >= 11 is 0. The molecule has 0 radical (unpaired) electrons. The maximum atomic E-state index is 10.5. The van der Waals surface area contributed by atoms with Crippen molar-refractivity contribution in [2.24, 2.45) is 10.8 Å². The number of benzene rings is 1. The lowest BCUT2D eigenvalue weighted by atomic mass is 9.68. The number of phenols is 1. The third-order valence-electron chi connectivity index (χ3n) is 4.80. The van der Waals surface area contributed by atoms with E-state index in [2.05, 4.69) is 61.5 Å². The molecule has 1 atom stereocenters. The summed E-state index contributed by atoms with van der Waals surface area (Å²) in [5.41, 5.74) is 4.11. The lowest BCUT2D eigenvalue weighted by molar-refractivity contribution is 0.122. The van der Waals surface area contributed by atoms with Gasteiger partial charge in [-0.25, -0.2) is 0 Å². The molecule has 2 heteroatoms. The molecule has 1 aromatic rings. The Kier molecular flexibility index (Phi) is 4.52. The van der Waals surface area contributed by atoms with E-state index in [1.807, 2.05) is 18.2 Å². The normalized spacial score (nSPS) is 21.3. The molecule has 2 N–H and O–H groups in total. The minimum Gasteiger partial charge on any atom is -0.508 e. The molecule has 2 nitrogen and oxygen atoms in total. The number of phenolic OH excluding ortho intramolecular Hbond substituents is 1. The lowest BCUT2D eigenvalue weighted by Crippen LogP contribution is -2.31. The summed E-state index contributed by atoms with van der Waals surface area (Å²) in [6.07, 6.45) is 3.71. The minimum absolute atomic E-state index is 0.0731. The van der Waals surface area contributed by atoms with Crippen LogP contribution in [0.25, 0.3) is 5.57 Å². The van der Waals surface area contributed by atoms with Gasteiger partial charge in [0.1, 0.15) is 5.75 Å². The van der Waals surface area contributed by atoms with Crippen molar-refractivity contribution in [3.8, 4) is 5.75 Å². The van der Waals surface area contributed by atoms with Crippen molar-refractivity contribution < 1.29 is 10.2 Å². The van der Waals surface area contributed by atoms with E-state index in [1.165, 1.54) is 5.57 Å². The predicted molar refractivity (Wildman–Crippen MR) is 102 cm³/mol. The molecular weight excluding hydrogens is 296 g/mol. The summed E-state index contributed by atoms with van der Waals surface area (Å²) in [6, 6.07) is 5.63. The zero-order valence-electron chi connectivity index (χ0n) is 16.4. The quantitative estimate of drug-likeness (QED) is 0.720. The van der Waals surface area contributed by atoms with Gasteiger partial charge in [-0.05, 0) is 45.2 Å². The SMILES string of the molecule is CC(C)(C)C1=CC(O)C(C)(C)C=C1c1ccc(O)cc1C(C)(C)C. The first-order valence-electron chi connectivity index (χ1n) is 8.71. The lowest BCUT2D eigenvalue weighted by Gasteiger charge is -2.38. The van der Waals surface area contributed by atoms with Gasteiger partial charge in [0.25, 0.3) is 0 Å². The molecule has 0 fully saturated rings. The molecule has 0 heterocycles. The van der Waals surface area contributed by atoms with E-state index < -0.39 is 6.10 Å². The molecular formula is C22H32O2. The Morgan fingerprint density at radius 2 is 1.54 bits per heavy atom. The number of hydrogen-bond donors (Lipinski definition) is 2. The third kappa shape index (κ3) is 3.59. The summed E-state index contributed by atoms with van der Waals surface area (Å²) in [5, 5.41) is 20.5. The molecule has 1 aromatic carbocycles. The number of allylic oxidation sites excluding steroid dienone is 2. The molecule has 24 heavy (non-hydrogen) atoms. The number of rotatable bonds is 1. The van der Waals surface area contributed by atoms with E-state index in [0.717, 1.165) is 16.7 Å². The van der Waals surface area contributed by atoms with Crippen LogP contribution in [-0.4, -0.2) is 16.3 Å². The van der Waals surface area contributed by atoms with Gasteiger partial charge in [0.15, 0.2) is 0 Å². The van der Waals surface area contributed by atoms with E-state index in [1.54, 1.807) is 6.07 Å². The molecule has 0 amide bonds. The first-order chi connectivity index (χ1) is 10.7. The van der Waals surface area contributed by atoms with Crippen LogP contribution in [0.15, 0.2) is 35.9 Å². The highest BCUT2D eigenvalue weighted by molar-refractivity contribution is 5.84. The van der Waals surface area contributed by atoms with E-state index in [0.29, 0.717) is 5.75 Å². The average molecular weight is 328 g/mol. The molecule has 132 valence electrons. The molecule has 0 bridgehead atoms. The topological polar surface area (TPSA) is 40.5 Å². The van der Waals surface area contributed by atoms with Crippen molar-refractivity contribution in [3.05, 3.63) is 47.1 Å². The van der Waals surface area contributed by atoms with Gasteiger partial charge in [-0.15, -0.1) is 0 Å². The van der Waals surface area contributed by atoms with Gasteiger partial charge in [-0.1, -0.05) is 73.6 Å². The molecule has 2 rings (SSSR count). The maximum absolute atomic E-state index is 10.5. The van der Waals surface area contributed by atoms with Crippen LogP contribution in [0.1, 0.15) is 66.5 Å². The van der Waals surface area contributed by atoms with Gasteiger partial charge in [-0.3, -0.25) is 0 Å². The van der Waals surface area contributed by atoms with Crippen molar-refractivity contribution in [2.45, 2.75) is 66.9 Å². The molecule has 0 saturated carbocycles. The average Bonchev–Trinajstić information content (AvgIpc) is 2.39. The van der Waals surface area contributed by atoms with Gasteiger partial charge in [0, 0.05) is 5.41 Å².